The number of benzene rings is 2. The number of ether oxygens (including phenoxy) is 1. The summed E-state index contributed by atoms with van der Waals surface area (Å²) < 4.78 is 5.05. The van der Waals surface area contributed by atoms with Gasteiger partial charge in [-0.1, -0.05) is 30.3 Å². The van der Waals surface area contributed by atoms with E-state index in [4.69, 9.17) is 4.74 Å². The Hall–Kier alpha value is -1.48. The third kappa shape index (κ3) is 2.36. The lowest BCUT2D eigenvalue weighted by molar-refractivity contribution is 0.0580. The van der Waals surface area contributed by atoms with Crippen molar-refractivity contribution >= 4 is 28.5 Å². The summed E-state index contributed by atoms with van der Waals surface area (Å²) in [6.45, 7) is 0. The van der Waals surface area contributed by atoms with Crippen LogP contribution >= 0.6 is 11.8 Å². The second-order valence-corrected chi connectivity index (χ2v) is 4.21. The molecule has 2 aromatic rings. The first kappa shape index (κ1) is 11.0. The molecule has 0 unspecified atom stereocenters. The Morgan fingerprint density at radius 1 is 1.19 bits per heavy atom. The molecule has 0 atom stereocenters. The topological polar surface area (TPSA) is 26.3 Å². The molecule has 0 aromatic heterocycles. The Kier molecular flexibility index (Phi) is 3.47. The van der Waals surface area contributed by atoms with Gasteiger partial charge in [-0.05, 0) is 29.2 Å². The lowest BCUT2D eigenvalue weighted by atomic mass is 10.1. The van der Waals surface area contributed by atoms with Gasteiger partial charge in [0.05, 0.1) is 5.56 Å². The normalized spacial score (nSPS) is 10.3. The van der Waals surface area contributed by atoms with Crippen molar-refractivity contribution in [3.05, 3.63) is 48.0 Å². The third-order valence-corrected chi connectivity index (χ3v) is 2.65. The molecular weight excluding hydrogens is 220 g/mol. The number of carbonyl (C=O) groups is 1. The van der Waals surface area contributed by atoms with E-state index in [1.807, 2.05) is 42.7 Å². The van der Waals surface area contributed by atoms with Crippen molar-refractivity contribution in [2.24, 2.45) is 0 Å². The molecule has 0 amide bonds. The van der Waals surface area contributed by atoms with Crippen LogP contribution in [0, 0.1) is 0 Å². The van der Waals surface area contributed by atoms with E-state index >= 15 is 0 Å². The maximum atomic E-state index is 11.6. The number of hydrogen-bond donors (Lipinski definition) is 0. The van der Waals surface area contributed by atoms with Gasteiger partial charge in [0.2, 0.25) is 0 Å². The van der Waals surface area contributed by atoms with Crippen LogP contribution < -0.4 is 0 Å². The Bertz CT molecular complexity index is 508. The van der Waals surface area contributed by atoms with Gasteiger partial charge in [-0.3, -0.25) is 0 Å². The molecule has 0 bridgehead atoms. The molecule has 0 N–H and O–H groups in total. The summed E-state index contributed by atoms with van der Waals surface area (Å²) in [7, 11) is 0. The molecule has 0 saturated heterocycles. The van der Waals surface area contributed by atoms with Crippen LogP contribution in [0.1, 0.15) is 10.4 Å². The van der Waals surface area contributed by atoms with E-state index in [0.717, 1.165) is 10.8 Å². The lowest BCUT2D eigenvalue weighted by Crippen LogP contribution is -2.04. The van der Waals surface area contributed by atoms with Crippen molar-refractivity contribution in [1.82, 2.24) is 0 Å². The van der Waals surface area contributed by atoms with E-state index in [0.29, 0.717) is 11.5 Å². The highest BCUT2D eigenvalue weighted by Crippen LogP contribution is 2.16. The molecule has 0 aliphatic rings. The molecule has 0 aliphatic heterocycles. The van der Waals surface area contributed by atoms with Crippen LogP contribution in [0.25, 0.3) is 10.8 Å². The van der Waals surface area contributed by atoms with Gasteiger partial charge < -0.3 is 4.74 Å². The summed E-state index contributed by atoms with van der Waals surface area (Å²) in [4.78, 5) is 11.6. The highest BCUT2D eigenvalue weighted by molar-refractivity contribution is 7.98. The van der Waals surface area contributed by atoms with Crippen molar-refractivity contribution in [1.29, 1.82) is 0 Å². The molecule has 0 spiro atoms. The number of fused-ring (bicyclic) bond motifs is 1. The van der Waals surface area contributed by atoms with Crippen molar-refractivity contribution in [2.45, 2.75) is 0 Å². The molecule has 16 heavy (non-hydrogen) atoms. The van der Waals surface area contributed by atoms with Gasteiger partial charge in [0, 0.05) is 0 Å². The fourth-order valence-electron chi connectivity index (χ4n) is 1.51. The number of esters is 1. The zero-order valence-electron chi connectivity index (χ0n) is 8.97. The number of thioether (sulfide) groups is 1. The summed E-state index contributed by atoms with van der Waals surface area (Å²) in [5.41, 5.74) is 0.604. The Labute approximate surface area is 98.6 Å². The zero-order valence-corrected chi connectivity index (χ0v) is 9.79. The van der Waals surface area contributed by atoms with Crippen LogP contribution in [-0.2, 0) is 4.74 Å². The molecule has 3 heteroatoms. The quantitative estimate of drug-likeness (QED) is 0.600. The molecule has 0 saturated carbocycles. The van der Waals surface area contributed by atoms with Crippen LogP contribution in [0.2, 0.25) is 0 Å². The summed E-state index contributed by atoms with van der Waals surface area (Å²) >= 11 is 1.49. The van der Waals surface area contributed by atoms with E-state index in [-0.39, 0.29) is 5.97 Å². The van der Waals surface area contributed by atoms with Gasteiger partial charge in [-0.2, -0.15) is 0 Å². The molecule has 2 aromatic carbocycles. The number of rotatable bonds is 3. The molecule has 2 rings (SSSR count). The first-order valence-corrected chi connectivity index (χ1v) is 6.35. The SMILES string of the molecule is CSCOC(=O)c1ccc2ccccc2c1. The van der Waals surface area contributed by atoms with Crippen molar-refractivity contribution in [3.8, 4) is 0 Å². The first-order valence-electron chi connectivity index (χ1n) is 4.96. The van der Waals surface area contributed by atoms with Crippen LogP contribution in [0.4, 0.5) is 0 Å². The first-order chi connectivity index (χ1) is 7.81. The van der Waals surface area contributed by atoms with Gasteiger partial charge in [-0.25, -0.2) is 4.79 Å². The van der Waals surface area contributed by atoms with Crippen molar-refractivity contribution < 1.29 is 9.53 Å². The second-order valence-electron chi connectivity index (χ2n) is 3.40. The average Bonchev–Trinajstić information content (AvgIpc) is 2.35. The highest BCUT2D eigenvalue weighted by atomic mass is 32.2. The minimum absolute atomic E-state index is 0.264. The summed E-state index contributed by atoms with van der Waals surface area (Å²) in [5, 5.41) is 2.19. The van der Waals surface area contributed by atoms with Crippen molar-refractivity contribution in [3.63, 3.8) is 0 Å². The molecule has 0 fully saturated rings. The lowest BCUT2D eigenvalue weighted by Gasteiger charge is -2.04. The minimum atomic E-state index is -0.264. The van der Waals surface area contributed by atoms with Gasteiger partial charge in [0.1, 0.15) is 5.94 Å². The van der Waals surface area contributed by atoms with Crippen LogP contribution in [0.5, 0.6) is 0 Å². The predicted molar refractivity (Wildman–Crippen MR) is 67.7 cm³/mol. The highest BCUT2D eigenvalue weighted by Gasteiger charge is 2.06. The second kappa shape index (κ2) is 5.03. The molecule has 0 aliphatic carbocycles. The molecule has 82 valence electrons. The minimum Gasteiger partial charge on any atom is -0.451 e. The van der Waals surface area contributed by atoms with Gasteiger partial charge in [0.15, 0.2) is 0 Å². The monoisotopic (exact) mass is 232 g/mol. The molecule has 2 nitrogen and oxygen atoms in total. The average molecular weight is 232 g/mol. The van der Waals surface area contributed by atoms with E-state index in [1.165, 1.54) is 11.8 Å². The third-order valence-electron chi connectivity index (χ3n) is 2.29. The van der Waals surface area contributed by atoms with Crippen LogP contribution in [-0.4, -0.2) is 18.2 Å². The van der Waals surface area contributed by atoms with Gasteiger partial charge >= 0.3 is 5.97 Å². The van der Waals surface area contributed by atoms with E-state index in [2.05, 4.69) is 0 Å². The molecule has 0 radical (unpaired) electrons. The van der Waals surface area contributed by atoms with E-state index in [9.17, 15) is 4.79 Å². The Morgan fingerprint density at radius 3 is 2.69 bits per heavy atom. The maximum Gasteiger partial charge on any atom is 0.338 e. The van der Waals surface area contributed by atoms with E-state index < -0.39 is 0 Å². The fraction of sp³-hybridized carbons (Fsp3) is 0.154. The summed E-state index contributed by atoms with van der Waals surface area (Å²) in [6.07, 6.45) is 1.90. The molecule has 0 heterocycles. The van der Waals surface area contributed by atoms with Gasteiger partial charge in [0.25, 0.3) is 0 Å². The predicted octanol–water partition coefficient (Wildman–Crippen LogP) is 3.32. The summed E-state index contributed by atoms with van der Waals surface area (Å²) in [6, 6.07) is 13.5. The Balaban J connectivity index is 2.28. The summed E-state index contributed by atoms with van der Waals surface area (Å²) in [5.74, 6) is 0.131. The van der Waals surface area contributed by atoms with Crippen LogP contribution in [0.3, 0.4) is 0 Å². The number of carbonyl (C=O) groups excluding carboxylic acids is 1. The smallest absolute Gasteiger partial charge is 0.338 e. The maximum absolute atomic E-state index is 11.6. The van der Waals surface area contributed by atoms with Gasteiger partial charge in [-0.15, -0.1) is 11.8 Å². The van der Waals surface area contributed by atoms with Crippen molar-refractivity contribution in [2.75, 3.05) is 12.2 Å². The zero-order chi connectivity index (χ0) is 11.4. The molecular formula is C13H12O2S. The largest absolute Gasteiger partial charge is 0.451 e. The standard InChI is InChI=1S/C13H12O2S/c1-16-9-15-13(14)12-7-6-10-4-2-3-5-11(10)8-12/h2-8H,9H2,1H3. The Morgan fingerprint density at radius 2 is 1.94 bits per heavy atom. The van der Waals surface area contributed by atoms with Crippen LogP contribution in [0.15, 0.2) is 42.5 Å². The fourth-order valence-corrected chi connectivity index (χ4v) is 1.74. The van der Waals surface area contributed by atoms with E-state index in [1.54, 1.807) is 6.07 Å². The number of hydrogen-bond acceptors (Lipinski definition) is 3.